The smallest absolute Gasteiger partial charge is 0.287 e. The van der Waals surface area contributed by atoms with Gasteiger partial charge >= 0.3 is 0 Å². The zero-order chi connectivity index (χ0) is 13.0. The first-order valence-electron chi connectivity index (χ1n) is 4.76. The van der Waals surface area contributed by atoms with E-state index in [2.05, 4.69) is 10.1 Å². The van der Waals surface area contributed by atoms with Crippen molar-refractivity contribution in [1.29, 1.82) is 0 Å². The van der Waals surface area contributed by atoms with Gasteiger partial charge in [0, 0.05) is 25.1 Å². The highest BCUT2D eigenvalue weighted by atomic mass is 19.1. The molecule has 0 spiro atoms. The highest BCUT2D eigenvalue weighted by molar-refractivity contribution is 6.35. The molecule has 0 fully saturated rings. The van der Waals surface area contributed by atoms with Gasteiger partial charge in [-0.2, -0.15) is 0 Å². The first-order chi connectivity index (χ1) is 7.95. The van der Waals surface area contributed by atoms with Gasteiger partial charge in [0.05, 0.1) is 7.11 Å². The molecule has 0 atom stereocenters. The maximum Gasteiger partial charge on any atom is 0.287 e. The SMILES string of the molecule is COc1cc(F)c(CNC(=O)C(C)=O)cc1F. The average molecular weight is 243 g/mol. The molecule has 17 heavy (non-hydrogen) atoms. The van der Waals surface area contributed by atoms with E-state index in [1.807, 2.05) is 0 Å². The summed E-state index contributed by atoms with van der Waals surface area (Å²) in [6.45, 7) is 0.825. The molecule has 4 nitrogen and oxygen atoms in total. The van der Waals surface area contributed by atoms with Crippen molar-refractivity contribution in [3.05, 3.63) is 29.3 Å². The first-order valence-corrected chi connectivity index (χ1v) is 4.76. The normalized spacial score (nSPS) is 9.88. The van der Waals surface area contributed by atoms with Gasteiger partial charge in [-0.1, -0.05) is 0 Å². The summed E-state index contributed by atoms with van der Waals surface area (Å²) in [5, 5.41) is 2.17. The van der Waals surface area contributed by atoms with E-state index in [0.717, 1.165) is 19.1 Å². The predicted octanol–water partition coefficient (Wildman–Crippen LogP) is 1.18. The summed E-state index contributed by atoms with van der Waals surface area (Å²) in [5.41, 5.74) is -0.0575. The van der Waals surface area contributed by atoms with E-state index in [-0.39, 0.29) is 17.9 Å². The Bertz CT molecular complexity index is 460. The molecule has 1 amide bonds. The van der Waals surface area contributed by atoms with E-state index in [9.17, 15) is 18.4 Å². The third kappa shape index (κ3) is 3.24. The summed E-state index contributed by atoms with van der Waals surface area (Å²) < 4.78 is 31.2. The second kappa shape index (κ2) is 5.38. The number of methoxy groups -OCH3 is 1. The van der Waals surface area contributed by atoms with Crippen LogP contribution in [0.15, 0.2) is 12.1 Å². The maximum absolute atomic E-state index is 13.4. The molecule has 0 aliphatic heterocycles. The Labute approximate surface area is 96.6 Å². The molecule has 0 aromatic heterocycles. The fraction of sp³-hybridized carbons (Fsp3) is 0.273. The molecule has 0 unspecified atom stereocenters. The molecular formula is C11H11F2NO3. The Morgan fingerprint density at radius 1 is 1.29 bits per heavy atom. The lowest BCUT2D eigenvalue weighted by Crippen LogP contribution is -2.29. The molecule has 0 heterocycles. The summed E-state index contributed by atoms with van der Waals surface area (Å²) in [6, 6.07) is 1.79. The lowest BCUT2D eigenvalue weighted by atomic mass is 10.2. The van der Waals surface area contributed by atoms with Gasteiger partial charge in [-0.25, -0.2) is 8.78 Å². The predicted molar refractivity (Wildman–Crippen MR) is 55.4 cm³/mol. The van der Waals surface area contributed by atoms with Crippen molar-refractivity contribution in [1.82, 2.24) is 5.32 Å². The van der Waals surface area contributed by atoms with Crippen LogP contribution < -0.4 is 10.1 Å². The van der Waals surface area contributed by atoms with Crippen LogP contribution in [0.1, 0.15) is 12.5 Å². The number of ketones is 1. The third-order valence-corrected chi connectivity index (χ3v) is 2.08. The number of halogens is 2. The minimum atomic E-state index is -0.847. The fourth-order valence-electron chi connectivity index (χ4n) is 1.16. The molecule has 1 rings (SSSR count). The molecule has 0 aliphatic rings. The molecule has 1 N–H and O–H groups in total. The van der Waals surface area contributed by atoms with Crippen molar-refractivity contribution in [2.45, 2.75) is 13.5 Å². The van der Waals surface area contributed by atoms with Crippen LogP contribution in [0.5, 0.6) is 5.75 Å². The Balaban J connectivity index is 2.82. The number of amides is 1. The largest absolute Gasteiger partial charge is 0.494 e. The number of rotatable bonds is 4. The Morgan fingerprint density at radius 2 is 1.94 bits per heavy atom. The van der Waals surface area contributed by atoms with E-state index in [0.29, 0.717) is 0 Å². The van der Waals surface area contributed by atoms with Crippen molar-refractivity contribution < 1.29 is 23.1 Å². The number of hydrogen-bond donors (Lipinski definition) is 1. The zero-order valence-electron chi connectivity index (χ0n) is 9.34. The molecule has 0 radical (unpaired) electrons. The monoisotopic (exact) mass is 243 g/mol. The number of nitrogens with one attached hydrogen (secondary N) is 1. The van der Waals surface area contributed by atoms with Crippen molar-refractivity contribution >= 4 is 11.7 Å². The lowest BCUT2D eigenvalue weighted by Gasteiger charge is -2.07. The minimum absolute atomic E-state index is 0.0575. The van der Waals surface area contributed by atoms with Crippen LogP contribution in [0.4, 0.5) is 8.78 Å². The van der Waals surface area contributed by atoms with Crippen LogP contribution in [-0.4, -0.2) is 18.8 Å². The standard InChI is InChI=1S/C11H11F2NO3/c1-6(15)11(16)14-5-7-3-9(13)10(17-2)4-8(7)12/h3-4H,5H2,1-2H3,(H,14,16). The van der Waals surface area contributed by atoms with Crippen LogP contribution in [0.2, 0.25) is 0 Å². The topological polar surface area (TPSA) is 55.4 Å². The Hall–Kier alpha value is -1.98. The van der Waals surface area contributed by atoms with Crippen molar-refractivity contribution in [3.8, 4) is 5.75 Å². The average Bonchev–Trinajstić information content (AvgIpc) is 2.29. The van der Waals surface area contributed by atoms with Gasteiger partial charge in [0.15, 0.2) is 11.6 Å². The molecule has 0 saturated carbocycles. The van der Waals surface area contributed by atoms with Crippen LogP contribution in [0.3, 0.4) is 0 Å². The van der Waals surface area contributed by atoms with Crippen LogP contribution in [0.25, 0.3) is 0 Å². The number of hydrogen-bond acceptors (Lipinski definition) is 3. The van der Waals surface area contributed by atoms with E-state index in [4.69, 9.17) is 0 Å². The van der Waals surface area contributed by atoms with Gasteiger partial charge in [0.25, 0.3) is 5.91 Å². The summed E-state index contributed by atoms with van der Waals surface area (Å²) in [4.78, 5) is 21.6. The van der Waals surface area contributed by atoms with E-state index < -0.39 is 23.3 Å². The van der Waals surface area contributed by atoms with Gasteiger partial charge in [-0.15, -0.1) is 0 Å². The van der Waals surface area contributed by atoms with Crippen LogP contribution >= 0.6 is 0 Å². The zero-order valence-corrected chi connectivity index (χ0v) is 9.34. The number of carbonyl (C=O) groups excluding carboxylic acids is 2. The molecule has 1 aromatic carbocycles. The van der Waals surface area contributed by atoms with Gasteiger partial charge in [0.2, 0.25) is 5.78 Å². The van der Waals surface area contributed by atoms with E-state index >= 15 is 0 Å². The highest BCUT2D eigenvalue weighted by Gasteiger charge is 2.12. The van der Waals surface area contributed by atoms with Gasteiger partial charge in [-0.05, 0) is 6.07 Å². The van der Waals surface area contributed by atoms with Crippen LogP contribution in [-0.2, 0) is 16.1 Å². The second-order valence-electron chi connectivity index (χ2n) is 3.32. The fourth-order valence-corrected chi connectivity index (χ4v) is 1.16. The lowest BCUT2D eigenvalue weighted by molar-refractivity contribution is -0.136. The molecule has 6 heteroatoms. The third-order valence-electron chi connectivity index (χ3n) is 2.08. The molecule has 0 bridgehead atoms. The summed E-state index contributed by atoms with van der Waals surface area (Å²) >= 11 is 0. The minimum Gasteiger partial charge on any atom is -0.494 e. The Kier molecular flexibility index (Phi) is 4.14. The van der Waals surface area contributed by atoms with E-state index in [1.54, 1.807) is 0 Å². The molecular weight excluding hydrogens is 232 g/mol. The maximum atomic E-state index is 13.4. The van der Waals surface area contributed by atoms with Gasteiger partial charge < -0.3 is 10.1 Å². The van der Waals surface area contributed by atoms with Gasteiger partial charge in [0.1, 0.15) is 5.82 Å². The number of carbonyl (C=O) groups is 2. The number of ether oxygens (including phenoxy) is 1. The van der Waals surface area contributed by atoms with Gasteiger partial charge in [-0.3, -0.25) is 9.59 Å². The summed E-state index contributed by atoms with van der Waals surface area (Å²) in [7, 11) is 1.22. The second-order valence-corrected chi connectivity index (χ2v) is 3.32. The summed E-state index contributed by atoms with van der Waals surface area (Å²) in [5.74, 6) is -3.21. The first kappa shape index (κ1) is 13.1. The molecule has 0 saturated heterocycles. The molecule has 92 valence electrons. The molecule has 1 aromatic rings. The highest BCUT2D eigenvalue weighted by Crippen LogP contribution is 2.20. The summed E-state index contributed by atoms with van der Waals surface area (Å²) in [6.07, 6.45) is 0. The van der Waals surface area contributed by atoms with Crippen molar-refractivity contribution in [3.63, 3.8) is 0 Å². The van der Waals surface area contributed by atoms with E-state index in [1.165, 1.54) is 7.11 Å². The number of Topliss-reactive ketones (excluding diaryl/α,β-unsaturated/α-hetero) is 1. The quantitative estimate of drug-likeness (QED) is 0.808. The van der Waals surface area contributed by atoms with Crippen molar-refractivity contribution in [2.24, 2.45) is 0 Å². The molecule has 0 aliphatic carbocycles. The number of benzene rings is 1. The van der Waals surface area contributed by atoms with Crippen LogP contribution in [0, 0.1) is 11.6 Å². The Morgan fingerprint density at radius 3 is 2.47 bits per heavy atom. The van der Waals surface area contributed by atoms with Crippen molar-refractivity contribution in [2.75, 3.05) is 7.11 Å².